The van der Waals surface area contributed by atoms with Gasteiger partial charge in [0.05, 0.1) is 12.2 Å². The van der Waals surface area contributed by atoms with E-state index in [2.05, 4.69) is 71.0 Å². The zero-order valence-corrected chi connectivity index (χ0v) is 25.2. The molecular formula is C36H52O3. The predicted molar refractivity (Wildman–Crippen MR) is 157 cm³/mol. The van der Waals surface area contributed by atoms with E-state index in [0.29, 0.717) is 36.0 Å². The average Bonchev–Trinajstić information content (AvgIpc) is 3.28. The molecule has 1 aromatic carbocycles. The number of fused-ring (bicyclic) bond motifs is 5. The summed E-state index contributed by atoms with van der Waals surface area (Å²) in [6, 6.07) is 10.9. The first-order chi connectivity index (χ1) is 18.7. The number of carbonyl (C=O) groups excluding carboxylic acids is 1. The molecule has 1 aromatic rings. The van der Waals surface area contributed by atoms with Gasteiger partial charge in [0, 0.05) is 12.3 Å². The minimum atomic E-state index is -0.0388. The molecule has 4 fully saturated rings. The van der Waals surface area contributed by atoms with E-state index in [4.69, 9.17) is 9.47 Å². The SMILES string of the molecule is CC(C)C1CC(=O)OC(C(C)C2=CCC3C4CCC5CCCC[C@]5(C)[C@@]4(OCc4ccccc4)CC[C@]23C)C1. The van der Waals surface area contributed by atoms with Gasteiger partial charge in [0.2, 0.25) is 0 Å². The monoisotopic (exact) mass is 532 g/mol. The van der Waals surface area contributed by atoms with E-state index in [9.17, 15) is 4.79 Å². The lowest BCUT2D eigenvalue weighted by Crippen LogP contribution is -2.66. The van der Waals surface area contributed by atoms with Crippen molar-refractivity contribution >= 4 is 5.97 Å². The van der Waals surface area contributed by atoms with Crippen molar-refractivity contribution in [1.82, 2.24) is 0 Å². The van der Waals surface area contributed by atoms with Crippen molar-refractivity contribution in [1.29, 1.82) is 0 Å². The van der Waals surface area contributed by atoms with Gasteiger partial charge in [-0.3, -0.25) is 4.79 Å². The molecule has 1 saturated heterocycles. The third-order valence-electron chi connectivity index (χ3n) is 12.9. The van der Waals surface area contributed by atoms with Gasteiger partial charge in [-0.2, -0.15) is 0 Å². The fourth-order valence-electron chi connectivity index (χ4n) is 10.5. The summed E-state index contributed by atoms with van der Waals surface area (Å²) in [7, 11) is 0. The predicted octanol–water partition coefficient (Wildman–Crippen LogP) is 8.91. The minimum absolute atomic E-state index is 0.0117. The molecule has 3 heteroatoms. The van der Waals surface area contributed by atoms with E-state index in [0.717, 1.165) is 31.8 Å². The number of hydrogen-bond acceptors (Lipinski definition) is 3. The maximum absolute atomic E-state index is 12.6. The lowest BCUT2D eigenvalue weighted by molar-refractivity contribution is -0.261. The molecule has 3 nitrogen and oxygen atoms in total. The van der Waals surface area contributed by atoms with Gasteiger partial charge in [0.25, 0.3) is 0 Å². The molecule has 6 unspecified atom stereocenters. The first kappa shape index (κ1) is 27.6. The maximum atomic E-state index is 12.6. The Morgan fingerprint density at radius 2 is 1.77 bits per heavy atom. The second-order valence-electron chi connectivity index (χ2n) is 14.9. The summed E-state index contributed by atoms with van der Waals surface area (Å²) in [5.41, 5.74) is 3.30. The van der Waals surface area contributed by atoms with Crippen LogP contribution in [0.5, 0.6) is 0 Å². The molecule has 1 heterocycles. The normalized spacial score (nSPS) is 42.7. The number of cyclic esters (lactones) is 1. The lowest BCUT2D eigenvalue weighted by Gasteiger charge is -2.67. The van der Waals surface area contributed by atoms with Crippen LogP contribution in [0.4, 0.5) is 0 Å². The Morgan fingerprint density at radius 1 is 0.974 bits per heavy atom. The molecule has 0 bridgehead atoms. The van der Waals surface area contributed by atoms with Crippen LogP contribution >= 0.6 is 0 Å². The molecule has 39 heavy (non-hydrogen) atoms. The van der Waals surface area contributed by atoms with E-state index in [1.165, 1.54) is 50.5 Å². The highest BCUT2D eigenvalue weighted by atomic mass is 16.5. The number of ether oxygens (including phenoxy) is 2. The average molecular weight is 533 g/mol. The molecule has 0 amide bonds. The summed E-state index contributed by atoms with van der Waals surface area (Å²) in [6.45, 7) is 12.8. The van der Waals surface area contributed by atoms with Crippen molar-refractivity contribution in [3.05, 3.63) is 47.5 Å². The van der Waals surface area contributed by atoms with Crippen LogP contribution in [-0.2, 0) is 20.9 Å². The van der Waals surface area contributed by atoms with Gasteiger partial charge >= 0.3 is 5.97 Å². The Hall–Kier alpha value is -1.61. The number of allylic oxidation sites excluding steroid dienone is 1. The quantitative estimate of drug-likeness (QED) is 0.271. The number of carbonyl (C=O) groups is 1. The van der Waals surface area contributed by atoms with Crippen LogP contribution in [0.3, 0.4) is 0 Å². The van der Waals surface area contributed by atoms with Crippen LogP contribution in [0.2, 0.25) is 0 Å². The molecule has 214 valence electrons. The summed E-state index contributed by atoms with van der Waals surface area (Å²) < 4.78 is 13.4. The highest BCUT2D eigenvalue weighted by molar-refractivity contribution is 5.70. The first-order valence-corrected chi connectivity index (χ1v) is 16.3. The standard InChI is InChI=1S/C36H52O3/c1-24(2)27-21-32(39-33(37)22-27)25(3)29-16-17-30-31-15-14-28-13-9-10-18-35(28,5)36(31,20-19-34(29,30)4)38-23-26-11-7-6-8-12-26/h6-8,11-12,16,24-25,27-28,30-32H,9-10,13-15,17-23H2,1-5H3/t25?,27?,28?,30?,31?,32?,34-,35+,36-/m1/s1. The van der Waals surface area contributed by atoms with Crippen molar-refractivity contribution in [2.24, 2.45) is 46.3 Å². The van der Waals surface area contributed by atoms with Gasteiger partial charge in [-0.25, -0.2) is 0 Å². The Bertz CT molecular complexity index is 1080. The summed E-state index contributed by atoms with van der Waals surface area (Å²) >= 11 is 0. The fraction of sp³-hybridized carbons (Fsp3) is 0.750. The summed E-state index contributed by atoms with van der Waals surface area (Å²) in [4.78, 5) is 12.6. The van der Waals surface area contributed by atoms with E-state index in [1.807, 2.05) is 0 Å². The summed E-state index contributed by atoms with van der Waals surface area (Å²) in [6.07, 6.45) is 15.8. The van der Waals surface area contributed by atoms with Crippen LogP contribution in [0.15, 0.2) is 42.0 Å². The first-order valence-electron chi connectivity index (χ1n) is 16.3. The van der Waals surface area contributed by atoms with Gasteiger partial charge in [0.1, 0.15) is 6.10 Å². The molecule has 9 atom stereocenters. The van der Waals surface area contributed by atoms with E-state index in [-0.39, 0.29) is 28.5 Å². The van der Waals surface area contributed by atoms with Crippen molar-refractivity contribution in [3.63, 3.8) is 0 Å². The number of rotatable bonds is 6. The zero-order chi connectivity index (χ0) is 27.4. The Labute approximate surface area is 237 Å². The van der Waals surface area contributed by atoms with Crippen LogP contribution in [0.1, 0.15) is 111 Å². The van der Waals surface area contributed by atoms with Crippen LogP contribution in [0.25, 0.3) is 0 Å². The smallest absolute Gasteiger partial charge is 0.306 e. The lowest BCUT2D eigenvalue weighted by atomic mass is 9.42. The zero-order valence-electron chi connectivity index (χ0n) is 25.2. The largest absolute Gasteiger partial charge is 0.462 e. The Kier molecular flexibility index (Phi) is 7.31. The molecule has 4 aliphatic carbocycles. The number of hydrogen-bond donors (Lipinski definition) is 0. The number of esters is 1. The molecule has 0 N–H and O–H groups in total. The van der Waals surface area contributed by atoms with Crippen LogP contribution in [-0.4, -0.2) is 17.7 Å². The molecular weight excluding hydrogens is 480 g/mol. The third kappa shape index (κ3) is 4.45. The van der Waals surface area contributed by atoms with Gasteiger partial charge in [-0.1, -0.05) is 89.4 Å². The van der Waals surface area contributed by atoms with E-state index < -0.39 is 0 Å². The van der Waals surface area contributed by atoms with E-state index >= 15 is 0 Å². The minimum Gasteiger partial charge on any atom is -0.462 e. The molecule has 1 aliphatic heterocycles. The fourth-order valence-corrected chi connectivity index (χ4v) is 10.5. The Balaban J connectivity index is 1.29. The highest BCUT2D eigenvalue weighted by Crippen LogP contribution is 2.70. The molecule has 6 rings (SSSR count). The van der Waals surface area contributed by atoms with Crippen molar-refractivity contribution in [2.75, 3.05) is 0 Å². The molecule has 5 aliphatic rings. The van der Waals surface area contributed by atoms with Gasteiger partial charge in [-0.15, -0.1) is 0 Å². The van der Waals surface area contributed by atoms with Gasteiger partial charge < -0.3 is 9.47 Å². The maximum Gasteiger partial charge on any atom is 0.306 e. The Morgan fingerprint density at radius 3 is 2.54 bits per heavy atom. The van der Waals surface area contributed by atoms with E-state index in [1.54, 1.807) is 5.57 Å². The summed E-state index contributed by atoms with van der Waals surface area (Å²) in [5.74, 6) is 3.29. The third-order valence-corrected chi connectivity index (χ3v) is 12.9. The number of benzene rings is 1. The second kappa shape index (κ2) is 10.3. The molecule has 3 saturated carbocycles. The molecule has 0 radical (unpaired) electrons. The van der Waals surface area contributed by atoms with Crippen molar-refractivity contribution < 1.29 is 14.3 Å². The molecule has 0 spiro atoms. The topological polar surface area (TPSA) is 35.5 Å². The van der Waals surface area contributed by atoms with Gasteiger partial charge in [-0.05, 0) is 97.3 Å². The highest BCUT2D eigenvalue weighted by Gasteiger charge is 2.67. The van der Waals surface area contributed by atoms with Gasteiger partial charge in [0.15, 0.2) is 0 Å². The van der Waals surface area contributed by atoms with Crippen LogP contribution in [0, 0.1) is 46.3 Å². The molecule has 0 aromatic heterocycles. The van der Waals surface area contributed by atoms with Crippen LogP contribution < -0.4 is 0 Å². The van der Waals surface area contributed by atoms with Crippen molar-refractivity contribution in [2.45, 2.75) is 124 Å². The summed E-state index contributed by atoms with van der Waals surface area (Å²) in [5, 5.41) is 0. The second-order valence-corrected chi connectivity index (χ2v) is 14.9. The van der Waals surface area contributed by atoms with Crippen molar-refractivity contribution in [3.8, 4) is 0 Å².